The van der Waals surface area contributed by atoms with Crippen molar-refractivity contribution in [1.29, 1.82) is 0 Å². The molecule has 2 aliphatic heterocycles. The van der Waals surface area contributed by atoms with Gasteiger partial charge in [0.15, 0.2) is 0 Å². The van der Waals surface area contributed by atoms with Gasteiger partial charge in [-0.15, -0.1) is 0 Å². The molecule has 2 heterocycles. The SMILES string of the molecule is O=C(NCC(C(=O)O)c1ccccc1)C1CCCN(C(=O)N2CCCC2)C1. The fourth-order valence-corrected chi connectivity index (χ4v) is 3.85. The molecule has 0 saturated carbocycles. The predicted octanol–water partition coefficient (Wildman–Crippen LogP) is 1.90. The van der Waals surface area contributed by atoms with Crippen molar-refractivity contribution >= 4 is 17.9 Å². The van der Waals surface area contributed by atoms with Gasteiger partial charge in [-0.3, -0.25) is 9.59 Å². The van der Waals surface area contributed by atoms with Crippen LogP contribution in [0.15, 0.2) is 30.3 Å². The summed E-state index contributed by atoms with van der Waals surface area (Å²) < 4.78 is 0. The van der Waals surface area contributed by atoms with E-state index in [0.29, 0.717) is 18.7 Å². The van der Waals surface area contributed by atoms with Crippen molar-refractivity contribution < 1.29 is 19.5 Å². The van der Waals surface area contributed by atoms with Crippen molar-refractivity contribution in [2.75, 3.05) is 32.7 Å². The molecule has 3 amide bonds. The summed E-state index contributed by atoms with van der Waals surface area (Å²) in [7, 11) is 0. The summed E-state index contributed by atoms with van der Waals surface area (Å²) >= 11 is 0. The molecule has 2 unspecified atom stereocenters. The van der Waals surface area contributed by atoms with Crippen molar-refractivity contribution in [2.24, 2.45) is 5.92 Å². The Balaban J connectivity index is 1.55. The number of aliphatic carboxylic acids is 1. The summed E-state index contributed by atoms with van der Waals surface area (Å²) in [4.78, 5) is 40.3. The number of carboxylic acids is 1. The van der Waals surface area contributed by atoms with Crippen LogP contribution >= 0.6 is 0 Å². The number of nitrogens with one attached hydrogen (secondary N) is 1. The van der Waals surface area contributed by atoms with Gasteiger partial charge in [-0.1, -0.05) is 30.3 Å². The average Bonchev–Trinajstić information content (AvgIpc) is 3.23. The van der Waals surface area contributed by atoms with Crippen LogP contribution in [0.2, 0.25) is 0 Å². The first-order valence-electron chi connectivity index (χ1n) is 9.65. The second-order valence-electron chi connectivity index (χ2n) is 7.31. The van der Waals surface area contributed by atoms with E-state index in [9.17, 15) is 19.5 Å². The lowest BCUT2D eigenvalue weighted by Crippen LogP contribution is -2.50. The Morgan fingerprint density at radius 3 is 2.37 bits per heavy atom. The number of benzene rings is 1. The molecule has 1 aromatic carbocycles. The lowest BCUT2D eigenvalue weighted by atomic mass is 9.96. The minimum atomic E-state index is -0.962. The zero-order valence-corrected chi connectivity index (χ0v) is 15.5. The third-order valence-electron chi connectivity index (χ3n) is 5.42. The molecule has 27 heavy (non-hydrogen) atoms. The summed E-state index contributed by atoms with van der Waals surface area (Å²) in [6, 6.07) is 8.93. The van der Waals surface area contributed by atoms with Crippen LogP contribution in [0.3, 0.4) is 0 Å². The van der Waals surface area contributed by atoms with Gasteiger partial charge in [0.1, 0.15) is 0 Å². The van der Waals surface area contributed by atoms with Gasteiger partial charge in [0.25, 0.3) is 0 Å². The number of carbonyl (C=O) groups is 3. The molecule has 2 N–H and O–H groups in total. The van der Waals surface area contributed by atoms with E-state index in [2.05, 4.69) is 5.32 Å². The minimum absolute atomic E-state index is 0.0256. The van der Waals surface area contributed by atoms with Gasteiger partial charge in [-0.25, -0.2) is 4.79 Å². The zero-order valence-electron chi connectivity index (χ0n) is 15.5. The molecule has 0 bridgehead atoms. The molecule has 0 spiro atoms. The molecule has 3 rings (SSSR count). The second kappa shape index (κ2) is 8.88. The van der Waals surface area contributed by atoms with Crippen molar-refractivity contribution in [3.8, 4) is 0 Å². The smallest absolute Gasteiger partial charge is 0.320 e. The molecular formula is C20H27N3O4. The first kappa shape index (κ1) is 19.2. The third-order valence-corrected chi connectivity index (χ3v) is 5.42. The number of carbonyl (C=O) groups excluding carboxylic acids is 2. The summed E-state index contributed by atoms with van der Waals surface area (Å²) in [5.74, 6) is -2.19. The number of amides is 3. The van der Waals surface area contributed by atoms with E-state index in [-0.39, 0.29) is 24.4 Å². The normalized spacial score (nSPS) is 21.0. The third kappa shape index (κ3) is 4.78. The predicted molar refractivity (Wildman–Crippen MR) is 100 cm³/mol. The topological polar surface area (TPSA) is 90.0 Å². The van der Waals surface area contributed by atoms with Crippen molar-refractivity contribution in [3.05, 3.63) is 35.9 Å². The number of piperidine rings is 1. The lowest BCUT2D eigenvalue weighted by molar-refractivity contribution is -0.138. The van der Waals surface area contributed by atoms with Crippen LogP contribution in [-0.2, 0) is 9.59 Å². The van der Waals surface area contributed by atoms with Crippen LogP contribution < -0.4 is 5.32 Å². The Bertz CT molecular complexity index is 673. The fraction of sp³-hybridized carbons (Fsp3) is 0.550. The number of hydrogen-bond donors (Lipinski definition) is 2. The van der Waals surface area contributed by atoms with Gasteiger partial charge in [0.05, 0.1) is 11.8 Å². The zero-order chi connectivity index (χ0) is 19.2. The van der Waals surface area contributed by atoms with E-state index in [1.165, 1.54) is 0 Å². The first-order valence-corrected chi connectivity index (χ1v) is 9.65. The number of hydrogen-bond acceptors (Lipinski definition) is 3. The van der Waals surface area contributed by atoms with Crippen molar-refractivity contribution in [2.45, 2.75) is 31.6 Å². The molecule has 1 aromatic rings. The fourth-order valence-electron chi connectivity index (χ4n) is 3.85. The number of carboxylic acid groups (broad SMARTS) is 1. The maximum Gasteiger partial charge on any atom is 0.320 e. The van der Waals surface area contributed by atoms with E-state index in [1.807, 2.05) is 11.0 Å². The maximum atomic E-state index is 12.6. The quantitative estimate of drug-likeness (QED) is 0.825. The van der Waals surface area contributed by atoms with E-state index in [1.54, 1.807) is 29.2 Å². The van der Waals surface area contributed by atoms with Gasteiger partial charge in [0.2, 0.25) is 5.91 Å². The van der Waals surface area contributed by atoms with Crippen molar-refractivity contribution in [1.82, 2.24) is 15.1 Å². The number of nitrogens with zero attached hydrogens (tertiary/aromatic N) is 2. The van der Waals surface area contributed by atoms with Crippen LogP contribution in [0.1, 0.15) is 37.2 Å². The highest BCUT2D eigenvalue weighted by atomic mass is 16.4. The molecule has 0 aliphatic carbocycles. The molecule has 2 atom stereocenters. The molecule has 7 nitrogen and oxygen atoms in total. The number of rotatable bonds is 5. The summed E-state index contributed by atoms with van der Waals surface area (Å²) in [5.41, 5.74) is 0.666. The molecular weight excluding hydrogens is 346 g/mol. The largest absolute Gasteiger partial charge is 0.481 e. The van der Waals surface area contributed by atoms with Crippen LogP contribution in [0.5, 0.6) is 0 Å². The van der Waals surface area contributed by atoms with E-state index < -0.39 is 11.9 Å². The summed E-state index contributed by atoms with van der Waals surface area (Å²) in [5, 5.41) is 12.3. The van der Waals surface area contributed by atoms with Gasteiger partial charge in [-0.05, 0) is 31.2 Å². The van der Waals surface area contributed by atoms with Crippen LogP contribution in [0.4, 0.5) is 4.79 Å². The Labute approximate surface area is 159 Å². The monoisotopic (exact) mass is 373 g/mol. The first-order chi connectivity index (χ1) is 13.1. The Hall–Kier alpha value is -2.57. The van der Waals surface area contributed by atoms with Crippen molar-refractivity contribution in [3.63, 3.8) is 0 Å². The molecule has 2 aliphatic rings. The average molecular weight is 373 g/mol. The molecule has 2 saturated heterocycles. The van der Waals surface area contributed by atoms with E-state index in [4.69, 9.17) is 0 Å². The summed E-state index contributed by atoms with van der Waals surface area (Å²) in [6.07, 6.45) is 3.59. The van der Waals surface area contributed by atoms with Gasteiger partial charge >= 0.3 is 12.0 Å². The van der Waals surface area contributed by atoms with Gasteiger partial charge in [-0.2, -0.15) is 0 Å². The van der Waals surface area contributed by atoms with Gasteiger partial charge < -0.3 is 20.2 Å². The van der Waals surface area contributed by atoms with Gasteiger partial charge in [0, 0.05) is 32.7 Å². The highest BCUT2D eigenvalue weighted by Crippen LogP contribution is 2.21. The van der Waals surface area contributed by atoms with Crippen LogP contribution in [-0.4, -0.2) is 65.5 Å². The number of urea groups is 1. The van der Waals surface area contributed by atoms with Crippen LogP contribution in [0, 0.1) is 5.92 Å². The van der Waals surface area contributed by atoms with Crippen LogP contribution in [0.25, 0.3) is 0 Å². The minimum Gasteiger partial charge on any atom is -0.481 e. The molecule has 7 heteroatoms. The maximum absolute atomic E-state index is 12.6. The lowest BCUT2D eigenvalue weighted by Gasteiger charge is -2.34. The standard InChI is InChI=1S/C20H27N3O4/c24-18(21-13-17(19(25)26)15-7-2-1-3-8-15)16-9-6-12-23(14-16)20(27)22-10-4-5-11-22/h1-3,7-8,16-17H,4-6,9-14H2,(H,21,24)(H,25,26). The molecule has 0 radical (unpaired) electrons. The molecule has 2 fully saturated rings. The Morgan fingerprint density at radius 2 is 1.70 bits per heavy atom. The number of likely N-dealkylation sites (tertiary alicyclic amines) is 2. The Morgan fingerprint density at radius 1 is 1.04 bits per heavy atom. The van der Waals surface area contributed by atoms with E-state index in [0.717, 1.165) is 38.8 Å². The van der Waals surface area contributed by atoms with E-state index >= 15 is 0 Å². The highest BCUT2D eigenvalue weighted by Gasteiger charge is 2.32. The second-order valence-corrected chi connectivity index (χ2v) is 7.31. The molecule has 0 aromatic heterocycles. The highest BCUT2D eigenvalue weighted by molar-refractivity contribution is 5.82. The summed E-state index contributed by atoms with van der Waals surface area (Å²) in [6.45, 7) is 2.73. The Kier molecular flexibility index (Phi) is 6.32. The molecule has 146 valence electrons.